The second-order valence-electron chi connectivity index (χ2n) is 8.64. The van der Waals surface area contributed by atoms with Crippen LogP contribution in [0.15, 0.2) is 65.8 Å². The highest BCUT2D eigenvalue weighted by Gasteiger charge is 2.27. The summed E-state index contributed by atoms with van der Waals surface area (Å²) in [6.07, 6.45) is 9.72. The number of thiazole rings is 1. The molecule has 1 aromatic carbocycles. The first kappa shape index (κ1) is 28.5. The molecule has 3 rings (SSSR count). The molecule has 0 aliphatic heterocycles. The second-order valence-corrected chi connectivity index (χ2v) is 9.54. The maximum atomic E-state index is 13.2. The Morgan fingerprint density at radius 1 is 1.08 bits per heavy atom. The standard InChI is InChI=1S/C28H33N5O4S/c1-4-9-18(5-2)14-23(33-24(34)6-3)27(37)31-17-25(35)32-22(26(36)28-29-12-13-38-28)15-19-16-30-21-11-8-7-10-20(19)21/h4-5,7-13,16,22-23,30H,6,14-15,17H2,1-3H3,(H,31,37)(H,32,35)(H,33,34)/b9-4-,18-5+. The van der Waals surface area contributed by atoms with Gasteiger partial charge in [-0.05, 0) is 25.5 Å². The maximum Gasteiger partial charge on any atom is 0.243 e. The van der Waals surface area contributed by atoms with Gasteiger partial charge < -0.3 is 20.9 Å². The van der Waals surface area contributed by atoms with Crippen molar-refractivity contribution in [2.45, 2.75) is 52.1 Å². The lowest BCUT2D eigenvalue weighted by atomic mass is 10.0. The lowest BCUT2D eigenvalue weighted by Crippen LogP contribution is -2.51. The zero-order valence-corrected chi connectivity index (χ0v) is 22.6. The number of hydrogen-bond acceptors (Lipinski definition) is 6. The van der Waals surface area contributed by atoms with Gasteiger partial charge in [0.05, 0.1) is 12.6 Å². The molecule has 3 aromatic rings. The third kappa shape index (κ3) is 7.72. The Kier molecular flexibility index (Phi) is 10.5. The molecule has 0 radical (unpaired) electrons. The van der Waals surface area contributed by atoms with Crippen molar-refractivity contribution >= 4 is 45.7 Å². The highest BCUT2D eigenvalue weighted by atomic mass is 32.1. The van der Waals surface area contributed by atoms with Crippen molar-refractivity contribution in [3.05, 3.63) is 76.4 Å². The third-order valence-electron chi connectivity index (χ3n) is 5.98. The monoisotopic (exact) mass is 535 g/mol. The Morgan fingerprint density at radius 2 is 1.84 bits per heavy atom. The maximum absolute atomic E-state index is 13.2. The summed E-state index contributed by atoms with van der Waals surface area (Å²) in [6, 6.07) is 6.01. The van der Waals surface area contributed by atoms with Crippen molar-refractivity contribution < 1.29 is 19.2 Å². The van der Waals surface area contributed by atoms with Gasteiger partial charge in [0.15, 0.2) is 5.01 Å². The molecule has 0 saturated heterocycles. The number of aromatic nitrogens is 2. The van der Waals surface area contributed by atoms with Crippen LogP contribution in [-0.4, -0.2) is 52.1 Å². The normalized spacial score (nSPS) is 13.3. The number of aromatic amines is 1. The van der Waals surface area contributed by atoms with Gasteiger partial charge in [-0.1, -0.05) is 48.9 Å². The van der Waals surface area contributed by atoms with Crippen LogP contribution in [-0.2, 0) is 20.8 Å². The molecule has 2 aromatic heterocycles. The number of fused-ring (bicyclic) bond motifs is 1. The van der Waals surface area contributed by atoms with Gasteiger partial charge in [0.1, 0.15) is 6.04 Å². The van der Waals surface area contributed by atoms with Crippen molar-refractivity contribution in [3.8, 4) is 0 Å². The van der Waals surface area contributed by atoms with Gasteiger partial charge in [0, 0.05) is 47.9 Å². The summed E-state index contributed by atoms with van der Waals surface area (Å²) in [6.45, 7) is 5.08. The predicted molar refractivity (Wildman–Crippen MR) is 149 cm³/mol. The van der Waals surface area contributed by atoms with E-state index in [0.717, 1.165) is 22.0 Å². The third-order valence-corrected chi connectivity index (χ3v) is 6.77. The Morgan fingerprint density at radius 3 is 2.53 bits per heavy atom. The molecule has 0 saturated carbocycles. The van der Waals surface area contributed by atoms with Gasteiger partial charge in [-0.2, -0.15) is 0 Å². The molecule has 2 heterocycles. The van der Waals surface area contributed by atoms with Crippen LogP contribution in [0.4, 0.5) is 0 Å². The Bertz CT molecular complexity index is 1330. The molecule has 10 heteroatoms. The zero-order valence-electron chi connectivity index (χ0n) is 21.7. The number of benzene rings is 1. The average Bonchev–Trinajstić information content (AvgIpc) is 3.61. The minimum atomic E-state index is -0.871. The van der Waals surface area contributed by atoms with E-state index < -0.39 is 23.9 Å². The fourth-order valence-corrected chi connectivity index (χ4v) is 4.63. The summed E-state index contributed by atoms with van der Waals surface area (Å²) in [7, 11) is 0. The number of hydrogen-bond donors (Lipinski definition) is 4. The van der Waals surface area contributed by atoms with E-state index in [2.05, 4.69) is 25.9 Å². The number of rotatable bonds is 13. The van der Waals surface area contributed by atoms with E-state index in [4.69, 9.17) is 0 Å². The smallest absolute Gasteiger partial charge is 0.243 e. The number of carbonyl (C=O) groups excluding carboxylic acids is 4. The summed E-state index contributed by atoms with van der Waals surface area (Å²) in [4.78, 5) is 58.3. The summed E-state index contributed by atoms with van der Waals surface area (Å²) >= 11 is 1.20. The molecule has 2 unspecified atom stereocenters. The SMILES string of the molecule is C/C=C\C(=C/C)CC(NC(=O)CC)C(=O)NCC(=O)NC(Cc1c[nH]c2ccccc12)C(=O)c1nccs1. The van der Waals surface area contributed by atoms with Gasteiger partial charge in [-0.15, -0.1) is 11.3 Å². The number of nitrogens with one attached hydrogen (secondary N) is 4. The van der Waals surface area contributed by atoms with E-state index in [1.165, 1.54) is 11.3 Å². The topological polar surface area (TPSA) is 133 Å². The first-order valence-corrected chi connectivity index (χ1v) is 13.4. The van der Waals surface area contributed by atoms with Crippen molar-refractivity contribution in [2.24, 2.45) is 0 Å². The van der Waals surface area contributed by atoms with Crippen LogP contribution in [0.25, 0.3) is 10.9 Å². The van der Waals surface area contributed by atoms with Gasteiger partial charge in [-0.3, -0.25) is 19.2 Å². The molecule has 0 bridgehead atoms. The van der Waals surface area contributed by atoms with Crippen LogP contribution in [0, 0.1) is 0 Å². The molecular weight excluding hydrogens is 502 g/mol. The van der Waals surface area contributed by atoms with Crippen molar-refractivity contribution in [2.75, 3.05) is 6.54 Å². The Balaban J connectivity index is 1.70. The van der Waals surface area contributed by atoms with Gasteiger partial charge in [-0.25, -0.2) is 4.98 Å². The summed E-state index contributed by atoms with van der Waals surface area (Å²) in [5.41, 5.74) is 2.69. The lowest BCUT2D eigenvalue weighted by Gasteiger charge is -2.20. The molecule has 2 atom stereocenters. The summed E-state index contributed by atoms with van der Waals surface area (Å²) in [5, 5.41) is 11.0. The minimum absolute atomic E-state index is 0.230. The van der Waals surface area contributed by atoms with E-state index in [0.29, 0.717) is 5.01 Å². The highest BCUT2D eigenvalue weighted by Crippen LogP contribution is 2.20. The van der Waals surface area contributed by atoms with Crippen LogP contribution >= 0.6 is 11.3 Å². The molecule has 38 heavy (non-hydrogen) atoms. The molecule has 4 N–H and O–H groups in total. The van der Waals surface area contributed by atoms with E-state index in [9.17, 15) is 19.2 Å². The zero-order chi connectivity index (χ0) is 27.5. The molecule has 0 aliphatic rings. The number of amides is 3. The van der Waals surface area contributed by atoms with Gasteiger partial charge in [0.25, 0.3) is 0 Å². The number of ketones is 1. The first-order valence-electron chi connectivity index (χ1n) is 12.5. The summed E-state index contributed by atoms with van der Waals surface area (Å²) < 4.78 is 0. The lowest BCUT2D eigenvalue weighted by molar-refractivity contribution is -0.130. The number of H-pyrrole nitrogens is 1. The van der Waals surface area contributed by atoms with E-state index in [1.807, 2.05) is 62.5 Å². The fourth-order valence-electron chi connectivity index (χ4n) is 4.00. The average molecular weight is 536 g/mol. The number of allylic oxidation sites excluding steroid dienone is 3. The molecule has 3 amide bonds. The van der Waals surface area contributed by atoms with Crippen molar-refractivity contribution in [1.82, 2.24) is 25.9 Å². The number of nitrogens with zero attached hydrogens (tertiary/aromatic N) is 1. The molecule has 9 nitrogen and oxygen atoms in total. The second kappa shape index (κ2) is 14.0. The Labute approximate surface area is 225 Å². The predicted octanol–water partition coefficient (Wildman–Crippen LogP) is 3.46. The van der Waals surface area contributed by atoms with Gasteiger partial charge in [0.2, 0.25) is 23.5 Å². The van der Waals surface area contributed by atoms with E-state index in [-0.39, 0.29) is 37.5 Å². The quantitative estimate of drug-likeness (QED) is 0.197. The largest absolute Gasteiger partial charge is 0.361 e. The van der Waals surface area contributed by atoms with E-state index in [1.54, 1.807) is 18.5 Å². The van der Waals surface area contributed by atoms with Gasteiger partial charge >= 0.3 is 0 Å². The number of para-hydroxylation sites is 1. The summed E-state index contributed by atoms with van der Waals surface area (Å²) in [5.74, 6) is -1.57. The minimum Gasteiger partial charge on any atom is -0.361 e. The number of Topliss-reactive ketones (excluding diaryl/α,β-unsaturated/α-hetero) is 1. The Hall–Kier alpha value is -4.05. The van der Waals surface area contributed by atoms with E-state index >= 15 is 0 Å². The van der Waals surface area contributed by atoms with Crippen LogP contribution in [0.1, 0.15) is 49.0 Å². The number of carbonyl (C=O) groups is 4. The molecule has 0 fully saturated rings. The van der Waals surface area contributed by atoms with Crippen molar-refractivity contribution in [3.63, 3.8) is 0 Å². The van der Waals surface area contributed by atoms with Crippen LogP contribution in [0.5, 0.6) is 0 Å². The first-order chi connectivity index (χ1) is 18.4. The van der Waals surface area contributed by atoms with Crippen LogP contribution in [0.2, 0.25) is 0 Å². The highest BCUT2D eigenvalue weighted by molar-refractivity contribution is 7.11. The molecule has 0 aliphatic carbocycles. The molecule has 0 spiro atoms. The van der Waals surface area contributed by atoms with Crippen molar-refractivity contribution in [1.29, 1.82) is 0 Å². The fraction of sp³-hybridized carbons (Fsp3) is 0.321. The van der Waals surface area contributed by atoms with Crippen LogP contribution in [0.3, 0.4) is 0 Å². The van der Waals surface area contributed by atoms with Crippen LogP contribution < -0.4 is 16.0 Å². The molecule has 200 valence electrons. The molecular formula is C28H33N5O4S.